The number of rotatable bonds is 5. The highest BCUT2D eigenvalue weighted by molar-refractivity contribution is 6.08. The molecule has 33 heavy (non-hydrogen) atoms. The molecule has 166 valence electrons. The van der Waals surface area contributed by atoms with Crippen molar-refractivity contribution in [1.29, 1.82) is 0 Å². The van der Waals surface area contributed by atoms with E-state index in [0.717, 1.165) is 16.5 Å². The number of aromatic amines is 1. The molecule has 0 amide bonds. The van der Waals surface area contributed by atoms with E-state index in [-0.39, 0.29) is 11.4 Å². The minimum Gasteiger partial charge on any atom is -0.493 e. The van der Waals surface area contributed by atoms with Crippen molar-refractivity contribution in [3.63, 3.8) is 0 Å². The molecule has 3 aromatic carbocycles. The summed E-state index contributed by atoms with van der Waals surface area (Å²) in [7, 11) is 3.13. The van der Waals surface area contributed by atoms with Gasteiger partial charge in [0.15, 0.2) is 11.5 Å². The highest BCUT2D eigenvalue weighted by Crippen LogP contribution is 2.36. The lowest BCUT2D eigenvalue weighted by molar-refractivity contribution is 0.355. The van der Waals surface area contributed by atoms with Gasteiger partial charge in [0.25, 0.3) is 5.56 Å². The zero-order valence-corrected chi connectivity index (χ0v) is 18.5. The fourth-order valence-corrected chi connectivity index (χ4v) is 4.13. The third-order valence-electron chi connectivity index (χ3n) is 5.87. The maximum atomic E-state index is 13.8. The highest BCUT2D eigenvalue weighted by atomic mass is 19.1. The lowest BCUT2D eigenvalue weighted by atomic mass is 10.1. The van der Waals surface area contributed by atoms with Gasteiger partial charge in [0, 0.05) is 17.0 Å². The molecule has 0 fully saturated rings. The fourth-order valence-electron chi connectivity index (χ4n) is 4.13. The summed E-state index contributed by atoms with van der Waals surface area (Å²) in [5.74, 6) is 0.724. The summed E-state index contributed by atoms with van der Waals surface area (Å²) < 4.78 is 26.2. The lowest BCUT2D eigenvalue weighted by Crippen LogP contribution is -2.21. The van der Waals surface area contributed by atoms with Crippen LogP contribution in [0.25, 0.3) is 33.1 Å². The number of hydrogen-bond donors (Lipinski definition) is 1. The molecule has 5 aromatic rings. The minimum absolute atomic E-state index is 0.196. The van der Waals surface area contributed by atoms with E-state index in [1.165, 1.54) is 12.1 Å². The van der Waals surface area contributed by atoms with Crippen LogP contribution >= 0.6 is 0 Å². The second-order valence-electron chi connectivity index (χ2n) is 7.93. The van der Waals surface area contributed by atoms with Gasteiger partial charge in [-0.25, -0.2) is 4.39 Å². The number of nitrogens with zero attached hydrogens (tertiary/aromatic N) is 2. The molecule has 0 unspecified atom stereocenters. The van der Waals surface area contributed by atoms with Crippen LogP contribution in [0.2, 0.25) is 0 Å². The summed E-state index contributed by atoms with van der Waals surface area (Å²) in [4.78, 5) is 13.8. The fraction of sp³-hybridized carbons (Fsp3) is 0.154. The Morgan fingerprint density at radius 3 is 2.30 bits per heavy atom. The van der Waals surface area contributed by atoms with Crippen molar-refractivity contribution in [2.45, 2.75) is 13.5 Å². The maximum Gasteiger partial charge on any atom is 0.263 e. The van der Waals surface area contributed by atoms with Gasteiger partial charge < -0.3 is 14.0 Å². The van der Waals surface area contributed by atoms with Crippen molar-refractivity contribution < 1.29 is 13.9 Å². The number of halogens is 1. The quantitative estimate of drug-likeness (QED) is 0.412. The number of nitrogens with one attached hydrogen (secondary N) is 1. The van der Waals surface area contributed by atoms with Crippen molar-refractivity contribution in [1.82, 2.24) is 14.8 Å². The lowest BCUT2D eigenvalue weighted by Gasteiger charge is -2.15. The molecule has 2 heterocycles. The van der Waals surface area contributed by atoms with Crippen molar-refractivity contribution in [3.05, 3.63) is 88.0 Å². The second-order valence-corrected chi connectivity index (χ2v) is 7.93. The van der Waals surface area contributed by atoms with Gasteiger partial charge in [-0.15, -0.1) is 0 Å². The van der Waals surface area contributed by atoms with E-state index in [1.807, 2.05) is 43.3 Å². The maximum absolute atomic E-state index is 13.8. The first-order valence-corrected chi connectivity index (χ1v) is 10.5. The topological polar surface area (TPSA) is 69.1 Å². The van der Waals surface area contributed by atoms with Gasteiger partial charge in [-0.05, 0) is 42.8 Å². The third kappa shape index (κ3) is 3.51. The van der Waals surface area contributed by atoms with Crippen LogP contribution in [0.3, 0.4) is 0 Å². The Morgan fingerprint density at radius 1 is 0.970 bits per heavy atom. The molecule has 0 spiro atoms. The number of aromatic nitrogens is 3. The van der Waals surface area contributed by atoms with Crippen molar-refractivity contribution in [2.75, 3.05) is 14.2 Å². The normalized spacial score (nSPS) is 11.3. The Morgan fingerprint density at radius 2 is 1.64 bits per heavy atom. The van der Waals surface area contributed by atoms with Crippen LogP contribution in [-0.4, -0.2) is 29.0 Å². The van der Waals surface area contributed by atoms with Crippen LogP contribution < -0.4 is 15.0 Å². The zero-order chi connectivity index (χ0) is 23.1. The molecule has 7 heteroatoms. The molecular formula is C26H22FN3O3. The van der Waals surface area contributed by atoms with Gasteiger partial charge in [0.05, 0.1) is 37.2 Å². The monoisotopic (exact) mass is 443 g/mol. The summed E-state index contributed by atoms with van der Waals surface area (Å²) in [6.45, 7) is 2.39. The van der Waals surface area contributed by atoms with Gasteiger partial charge in [-0.2, -0.15) is 5.10 Å². The van der Waals surface area contributed by atoms with Crippen molar-refractivity contribution in [3.8, 4) is 22.8 Å². The number of ether oxygens (including phenoxy) is 2. The number of methoxy groups -OCH3 is 2. The van der Waals surface area contributed by atoms with Crippen LogP contribution in [0.1, 0.15) is 11.1 Å². The third-order valence-corrected chi connectivity index (χ3v) is 5.87. The number of H-pyrrole nitrogens is 1. The first-order valence-electron chi connectivity index (χ1n) is 10.5. The SMILES string of the molecule is COc1cc2c3[nH]nc(-c4ccc(F)cc4)c3c(=O)n(Cc3ccc(C)cc3)c2cc1OC. The van der Waals surface area contributed by atoms with E-state index in [4.69, 9.17) is 9.47 Å². The summed E-state index contributed by atoms with van der Waals surface area (Å²) >= 11 is 0. The number of hydrogen-bond acceptors (Lipinski definition) is 4. The predicted molar refractivity (Wildman–Crippen MR) is 127 cm³/mol. The average Bonchev–Trinajstić information content (AvgIpc) is 3.28. The summed E-state index contributed by atoms with van der Waals surface area (Å²) in [5.41, 5.74) is 4.36. The van der Waals surface area contributed by atoms with Gasteiger partial charge in [-0.1, -0.05) is 29.8 Å². The van der Waals surface area contributed by atoms with Gasteiger partial charge in [0.1, 0.15) is 11.5 Å². The largest absolute Gasteiger partial charge is 0.493 e. The smallest absolute Gasteiger partial charge is 0.263 e. The number of fused-ring (bicyclic) bond motifs is 3. The Kier molecular flexibility index (Phi) is 5.09. The highest BCUT2D eigenvalue weighted by Gasteiger charge is 2.20. The Bertz CT molecular complexity index is 1530. The molecule has 6 nitrogen and oxygen atoms in total. The molecule has 1 N–H and O–H groups in total. The molecule has 0 aliphatic rings. The molecule has 0 aliphatic carbocycles. The number of pyridine rings is 1. The molecular weight excluding hydrogens is 421 g/mol. The molecule has 2 aromatic heterocycles. The number of aryl methyl sites for hydroxylation is 1. The molecule has 0 atom stereocenters. The van der Waals surface area contributed by atoms with Crippen molar-refractivity contribution in [2.24, 2.45) is 0 Å². The summed E-state index contributed by atoms with van der Waals surface area (Å²) in [6, 6.07) is 17.7. The van der Waals surface area contributed by atoms with E-state index in [9.17, 15) is 9.18 Å². The molecule has 0 radical (unpaired) electrons. The predicted octanol–water partition coefficient (Wildman–Crippen LogP) is 5.06. The van der Waals surface area contributed by atoms with Gasteiger partial charge in [-0.3, -0.25) is 9.89 Å². The number of benzene rings is 3. The van der Waals surface area contributed by atoms with Crippen LogP contribution in [0.15, 0.2) is 65.5 Å². The average molecular weight is 443 g/mol. The summed E-state index contributed by atoms with van der Waals surface area (Å²) in [5, 5.41) is 8.66. The van der Waals surface area contributed by atoms with Crippen LogP contribution in [0, 0.1) is 12.7 Å². The Hall–Kier alpha value is -4.13. The molecule has 0 bridgehead atoms. The van der Waals surface area contributed by atoms with E-state index in [1.54, 1.807) is 30.9 Å². The van der Waals surface area contributed by atoms with Gasteiger partial charge >= 0.3 is 0 Å². The molecule has 5 rings (SSSR count). The Labute approximate surface area is 189 Å². The van der Waals surface area contributed by atoms with E-state index in [2.05, 4.69) is 10.2 Å². The van der Waals surface area contributed by atoms with Crippen molar-refractivity contribution >= 4 is 21.8 Å². The van der Waals surface area contributed by atoms with E-state index >= 15 is 0 Å². The minimum atomic E-state index is -0.349. The Balaban J connectivity index is 1.85. The molecule has 0 saturated heterocycles. The standard InChI is InChI=1S/C26H22FN3O3/c1-15-4-6-16(7-5-15)14-30-20-13-22(33-3)21(32-2)12-19(20)25-23(26(30)31)24(28-29-25)17-8-10-18(27)11-9-17/h4-13H,14H2,1-3H3,(H,28,29). The second kappa shape index (κ2) is 8.09. The first-order chi connectivity index (χ1) is 16.0. The zero-order valence-electron chi connectivity index (χ0n) is 18.5. The van der Waals surface area contributed by atoms with Crippen LogP contribution in [0.5, 0.6) is 11.5 Å². The first kappa shape index (κ1) is 20.8. The van der Waals surface area contributed by atoms with Gasteiger partial charge in [0.2, 0.25) is 0 Å². The summed E-state index contributed by atoms with van der Waals surface area (Å²) in [6.07, 6.45) is 0. The molecule has 0 aliphatic heterocycles. The van der Waals surface area contributed by atoms with Crippen LogP contribution in [-0.2, 0) is 6.54 Å². The van der Waals surface area contributed by atoms with E-state index < -0.39 is 0 Å². The molecule has 0 saturated carbocycles. The van der Waals surface area contributed by atoms with Crippen LogP contribution in [0.4, 0.5) is 4.39 Å². The van der Waals surface area contributed by atoms with E-state index in [0.29, 0.717) is 45.7 Å².